The van der Waals surface area contributed by atoms with E-state index in [2.05, 4.69) is 15.5 Å². The van der Waals surface area contributed by atoms with E-state index in [1.165, 1.54) is 0 Å². The highest BCUT2D eigenvalue weighted by Gasteiger charge is 2.12. The fraction of sp³-hybridized carbons (Fsp3) is 0.400. The summed E-state index contributed by atoms with van der Waals surface area (Å²) in [6.45, 7) is 2.04. The number of halogens is 2. The van der Waals surface area contributed by atoms with E-state index in [1.807, 2.05) is 14.0 Å². The van der Waals surface area contributed by atoms with Crippen LogP contribution in [0.1, 0.15) is 35.4 Å². The number of aromatic nitrogens is 2. The maximum Gasteiger partial charge on any atom is 0.227 e. The molecule has 22 heavy (non-hydrogen) atoms. The minimum Gasteiger partial charge on any atom is -0.339 e. The van der Waals surface area contributed by atoms with Gasteiger partial charge in [-0.15, -0.1) is 12.4 Å². The van der Waals surface area contributed by atoms with E-state index in [9.17, 15) is 4.79 Å². The molecule has 0 fully saturated rings. The number of hydrogen-bond donors (Lipinski definition) is 1. The minimum atomic E-state index is 0. The Morgan fingerprint density at radius 1 is 1.36 bits per heavy atom. The van der Waals surface area contributed by atoms with Gasteiger partial charge in [0.25, 0.3) is 0 Å². The van der Waals surface area contributed by atoms with Crippen LogP contribution in [0.4, 0.5) is 0 Å². The second-order valence-corrected chi connectivity index (χ2v) is 5.36. The van der Waals surface area contributed by atoms with Crippen LogP contribution in [0, 0.1) is 0 Å². The van der Waals surface area contributed by atoms with Crippen molar-refractivity contribution in [3.63, 3.8) is 0 Å². The van der Waals surface area contributed by atoms with Crippen LogP contribution in [0.3, 0.4) is 0 Å². The molecule has 1 aromatic heterocycles. The molecule has 0 radical (unpaired) electrons. The van der Waals surface area contributed by atoms with Crippen LogP contribution >= 0.6 is 24.0 Å². The Morgan fingerprint density at radius 2 is 2.05 bits per heavy atom. The van der Waals surface area contributed by atoms with Gasteiger partial charge in [-0.25, -0.2) is 0 Å². The van der Waals surface area contributed by atoms with Gasteiger partial charge in [-0.3, -0.25) is 4.79 Å². The first-order valence-corrected chi connectivity index (χ1v) is 7.23. The number of hydrogen-bond acceptors (Lipinski definition) is 5. The number of aryl methyl sites for hydroxylation is 1. The molecule has 0 bridgehead atoms. The molecule has 0 saturated carbocycles. The highest BCUT2D eigenvalue weighted by atomic mass is 35.5. The highest BCUT2D eigenvalue weighted by Crippen LogP contribution is 2.12. The zero-order valence-electron chi connectivity index (χ0n) is 12.5. The van der Waals surface area contributed by atoms with Crippen LogP contribution in [0.2, 0.25) is 5.02 Å². The standard InChI is InChI=1S/C15H18ClN3O2.ClH/c1-10(17-2)9-14-18-15(21-19-14)8-7-13(20)11-3-5-12(16)6-4-11;/h3-6,10,17H,7-9H2,1-2H3;1H. The van der Waals surface area contributed by atoms with E-state index in [-0.39, 0.29) is 24.2 Å². The van der Waals surface area contributed by atoms with E-state index in [4.69, 9.17) is 16.1 Å². The number of nitrogens with one attached hydrogen (secondary N) is 1. The van der Waals surface area contributed by atoms with Crippen LogP contribution in [-0.2, 0) is 12.8 Å². The first-order valence-electron chi connectivity index (χ1n) is 6.86. The third kappa shape index (κ3) is 5.40. The second-order valence-electron chi connectivity index (χ2n) is 4.93. The molecule has 5 nitrogen and oxygen atoms in total. The van der Waals surface area contributed by atoms with Crippen LogP contribution in [0.25, 0.3) is 0 Å². The molecular weight excluding hydrogens is 325 g/mol. The summed E-state index contributed by atoms with van der Waals surface area (Å²) in [4.78, 5) is 16.3. The van der Waals surface area contributed by atoms with Crippen molar-refractivity contribution in [2.24, 2.45) is 0 Å². The molecule has 0 aliphatic heterocycles. The lowest BCUT2D eigenvalue weighted by Crippen LogP contribution is -2.24. The van der Waals surface area contributed by atoms with Gasteiger partial charge in [-0.05, 0) is 38.2 Å². The normalized spacial score (nSPS) is 11.8. The smallest absolute Gasteiger partial charge is 0.227 e. The Hall–Kier alpha value is -1.43. The fourth-order valence-electron chi connectivity index (χ4n) is 1.85. The van der Waals surface area contributed by atoms with Crippen molar-refractivity contribution in [3.05, 3.63) is 46.6 Å². The molecular formula is C15H19Cl2N3O2. The third-order valence-electron chi connectivity index (χ3n) is 3.22. The number of nitrogens with zero attached hydrogens (tertiary/aromatic N) is 2. The van der Waals surface area contributed by atoms with Crippen LogP contribution in [0.15, 0.2) is 28.8 Å². The molecule has 0 aliphatic carbocycles. The summed E-state index contributed by atoms with van der Waals surface area (Å²) in [7, 11) is 1.89. The van der Waals surface area contributed by atoms with E-state index < -0.39 is 0 Å². The summed E-state index contributed by atoms with van der Waals surface area (Å²) in [5.41, 5.74) is 0.642. The summed E-state index contributed by atoms with van der Waals surface area (Å²) in [5.74, 6) is 1.19. The lowest BCUT2D eigenvalue weighted by Gasteiger charge is -2.04. The number of ketones is 1. The van der Waals surface area contributed by atoms with Gasteiger partial charge in [0.2, 0.25) is 5.89 Å². The summed E-state index contributed by atoms with van der Waals surface area (Å²) in [6, 6.07) is 7.14. The predicted octanol–water partition coefficient (Wildman–Crippen LogP) is 3.11. The molecule has 0 amide bonds. The van der Waals surface area contributed by atoms with Gasteiger partial charge in [-0.2, -0.15) is 4.98 Å². The van der Waals surface area contributed by atoms with Gasteiger partial charge >= 0.3 is 0 Å². The third-order valence-corrected chi connectivity index (χ3v) is 3.48. The van der Waals surface area contributed by atoms with Gasteiger partial charge in [0.05, 0.1) is 0 Å². The lowest BCUT2D eigenvalue weighted by atomic mass is 10.1. The summed E-state index contributed by atoms with van der Waals surface area (Å²) in [6.07, 6.45) is 1.48. The number of benzene rings is 1. The van der Waals surface area contributed by atoms with Crippen molar-refractivity contribution in [3.8, 4) is 0 Å². The van der Waals surface area contributed by atoms with Gasteiger partial charge < -0.3 is 9.84 Å². The minimum absolute atomic E-state index is 0. The molecule has 1 aromatic carbocycles. The van der Waals surface area contributed by atoms with Gasteiger partial charge in [0, 0.05) is 35.9 Å². The zero-order valence-corrected chi connectivity index (χ0v) is 14.1. The molecule has 0 aliphatic rings. The quantitative estimate of drug-likeness (QED) is 0.782. The molecule has 0 saturated heterocycles. The lowest BCUT2D eigenvalue weighted by molar-refractivity contribution is 0.0979. The summed E-state index contributed by atoms with van der Waals surface area (Å²) < 4.78 is 5.15. The molecule has 0 spiro atoms. The summed E-state index contributed by atoms with van der Waals surface area (Å²) >= 11 is 5.80. The molecule has 1 N–H and O–H groups in total. The zero-order chi connectivity index (χ0) is 15.2. The molecule has 1 atom stereocenters. The monoisotopic (exact) mass is 343 g/mol. The second kappa shape index (κ2) is 8.88. The Balaban J connectivity index is 0.00000242. The number of carbonyl (C=O) groups is 1. The number of rotatable bonds is 7. The molecule has 120 valence electrons. The van der Waals surface area contributed by atoms with E-state index in [0.717, 1.165) is 0 Å². The Labute approximate surface area is 140 Å². The number of carbonyl (C=O) groups excluding carboxylic acids is 1. The largest absolute Gasteiger partial charge is 0.339 e. The van der Waals surface area contributed by atoms with E-state index in [0.29, 0.717) is 41.6 Å². The Morgan fingerprint density at radius 3 is 2.68 bits per heavy atom. The Kier molecular flexibility index (Phi) is 7.51. The van der Waals surface area contributed by atoms with Crippen LogP contribution in [0.5, 0.6) is 0 Å². The van der Waals surface area contributed by atoms with Crippen molar-refractivity contribution < 1.29 is 9.32 Å². The highest BCUT2D eigenvalue weighted by molar-refractivity contribution is 6.30. The topological polar surface area (TPSA) is 68.0 Å². The summed E-state index contributed by atoms with van der Waals surface area (Å²) in [5, 5.41) is 7.64. The molecule has 2 aromatic rings. The maximum atomic E-state index is 12.0. The van der Waals surface area contributed by atoms with Crippen molar-refractivity contribution in [1.29, 1.82) is 0 Å². The molecule has 2 rings (SSSR count). The van der Waals surface area contributed by atoms with E-state index >= 15 is 0 Å². The molecule has 1 unspecified atom stereocenters. The maximum absolute atomic E-state index is 12.0. The Bertz CT molecular complexity index is 599. The number of likely N-dealkylation sites (N-methyl/N-ethyl adjacent to an activating group) is 1. The average molecular weight is 344 g/mol. The van der Waals surface area contributed by atoms with Crippen molar-refractivity contribution >= 4 is 29.8 Å². The van der Waals surface area contributed by atoms with E-state index in [1.54, 1.807) is 24.3 Å². The SMILES string of the molecule is CNC(C)Cc1noc(CCC(=O)c2ccc(Cl)cc2)n1.Cl. The first-order chi connectivity index (χ1) is 10.1. The predicted molar refractivity (Wildman–Crippen MR) is 87.9 cm³/mol. The molecule has 7 heteroatoms. The van der Waals surface area contributed by atoms with Crippen molar-refractivity contribution in [2.45, 2.75) is 32.2 Å². The van der Waals surface area contributed by atoms with Gasteiger partial charge in [0.1, 0.15) is 0 Å². The van der Waals surface area contributed by atoms with Gasteiger partial charge in [-0.1, -0.05) is 16.8 Å². The van der Waals surface area contributed by atoms with Crippen LogP contribution < -0.4 is 5.32 Å². The number of Topliss-reactive ketones (excluding diaryl/α,β-unsaturated/α-hetero) is 1. The molecule has 1 heterocycles. The fourth-order valence-corrected chi connectivity index (χ4v) is 1.98. The van der Waals surface area contributed by atoms with Crippen molar-refractivity contribution in [2.75, 3.05) is 7.05 Å². The van der Waals surface area contributed by atoms with Gasteiger partial charge in [0.15, 0.2) is 11.6 Å². The van der Waals surface area contributed by atoms with Crippen molar-refractivity contribution in [1.82, 2.24) is 15.5 Å². The van der Waals surface area contributed by atoms with Crippen LogP contribution in [-0.4, -0.2) is 29.0 Å². The first kappa shape index (κ1) is 18.6. The average Bonchev–Trinajstić information content (AvgIpc) is 2.93.